The average molecular weight is 247 g/mol. The molecule has 0 aromatic heterocycles. The first-order valence-corrected chi connectivity index (χ1v) is 6.01. The molecule has 3 nitrogen and oxygen atoms in total. The Hall–Kier alpha value is -2.69. The van der Waals surface area contributed by atoms with Crippen LogP contribution in [0.15, 0.2) is 65.8 Å². The minimum atomic E-state index is -0.421. The molecule has 0 saturated carbocycles. The molecule has 0 N–H and O–H groups in total. The lowest BCUT2D eigenvalue weighted by molar-refractivity contribution is 0.927. The molecule has 3 heteroatoms. The van der Waals surface area contributed by atoms with Crippen LogP contribution in [-0.4, -0.2) is 0 Å². The third-order valence-electron chi connectivity index (χ3n) is 2.66. The van der Waals surface area contributed by atoms with Gasteiger partial charge in [0.1, 0.15) is 6.04 Å². The minimum absolute atomic E-state index is 0.421. The Labute approximate surface area is 112 Å². The molecule has 2 aromatic carbocycles. The van der Waals surface area contributed by atoms with Gasteiger partial charge in [-0.25, -0.2) is 0 Å². The summed E-state index contributed by atoms with van der Waals surface area (Å²) in [7, 11) is 0. The third kappa shape index (κ3) is 3.92. The van der Waals surface area contributed by atoms with Crippen LogP contribution in [0.4, 0.5) is 0 Å². The van der Waals surface area contributed by atoms with Crippen molar-refractivity contribution in [2.24, 2.45) is 5.11 Å². The predicted molar refractivity (Wildman–Crippen MR) is 76.3 cm³/mol. The van der Waals surface area contributed by atoms with Gasteiger partial charge in [0.05, 0.1) is 0 Å². The van der Waals surface area contributed by atoms with Crippen molar-refractivity contribution in [1.82, 2.24) is 0 Å². The molecule has 0 amide bonds. The maximum absolute atomic E-state index is 8.60. The summed E-state index contributed by atoms with van der Waals surface area (Å²) < 4.78 is 0. The third-order valence-corrected chi connectivity index (χ3v) is 2.66. The van der Waals surface area contributed by atoms with Crippen molar-refractivity contribution in [3.05, 3.63) is 82.2 Å². The molecule has 1 unspecified atom stereocenters. The monoisotopic (exact) mass is 247 g/mol. The van der Waals surface area contributed by atoms with Crippen molar-refractivity contribution >= 4 is 0 Å². The SMILES string of the molecule is [N-]=[N+]=NC(C#CCc1ccccc1)c1ccccc1. The molecule has 0 saturated heterocycles. The lowest BCUT2D eigenvalue weighted by Gasteiger charge is -2.02. The van der Waals surface area contributed by atoms with Crippen LogP contribution in [0, 0.1) is 11.8 Å². The van der Waals surface area contributed by atoms with Crippen molar-refractivity contribution in [2.45, 2.75) is 12.5 Å². The summed E-state index contributed by atoms with van der Waals surface area (Å²) in [6.07, 6.45) is 0.658. The fourth-order valence-electron chi connectivity index (χ4n) is 1.71. The van der Waals surface area contributed by atoms with Gasteiger partial charge in [0.15, 0.2) is 0 Å². The van der Waals surface area contributed by atoms with Crippen LogP contribution in [0.5, 0.6) is 0 Å². The number of rotatable bonds is 3. The first-order chi connectivity index (χ1) is 9.40. The molecule has 0 aliphatic carbocycles. The van der Waals surface area contributed by atoms with Crippen molar-refractivity contribution in [3.8, 4) is 11.8 Å². The Morgan fingerprint density at radius 3 is 2.26 bits per heavy atom. The highest BCUT2D eigenvalue weighted by Crippen LogP contribution is 2.16. The van der Waals surface area contributed by atoms with Crippen LogP contribution in [-0.2, 0) is 6.42 Å². The average Bonchev–Trinajstić information content (AvgIpc) is 2.48. The lowest BCUT2D eigenvalue weighted by atomic mass is 10.1. The largest absolute Gasteiger partial charge is 0.124 e. The van der Waals surface area contributed by atoms with Gasteiger partial charge in [-0.1, -0.05) is 77.6 Å². The Morgan fingerprint density at radius 1 is 1.00 bits per heavy atom. The van der Waals surface area contributed by atoms with Gasteiger partial charge in [0, 0.05) is 11.3 Å². The van der Waals surface area contributed by atoms with Crippen molar-refractivity contribution in [2.75, 3.05) is 0 Å². The molecule has 0 fully saturated rings. The maximum atomic E-state index is 8.60. The second-order valence-corrected chi connectivity index (χ2v) is 4.00. The zero-order valence-corrected chi connectivity index (χ0v) is 10.4. The first kappa shape index (κ1) is 12.8. The molecule has 0 heterocycles. The number of nitrogens with zero attached hydrogens (tertiary/aromatic N) is 3. The number of hydrogen-bond donors (Lipinski definition) is 0. The fourth-order valence-corrected chi connectivity index (χ4v) is 1.71. The van der Waals surface area contributed by atoms with E-state index >= 15 is 0 Å². The Morgan fingerprint density at radius 2 is 1.63 bits per heavy atom. The molecule has 0 bridgehead atoms. The van der Waals surface area contributed by atoms with Crippen LogP contribution in [0.25, 0.3) is 10.4 Å². The van der Waals surface area contributed by atoms with Gasteiger partial charge in [-0.3, -0.25) is 0 Å². The molecule has 2 aromatic rings. The Kier molecular flexibility index (Phi) is 4.64. The van der Waals surface area contributed by atoms with Crippen LogP contribution in [0.1, 0.15) is 17.2 Å². The second kappa shape index (κ2) is 6.90. The molecule has 0 spiro atoms. The summed E-state index contributed by atoms with van der Waals surface area (Å²) in [5, 5.41) is 3.73. The van der Waals surface area contributed by atoms with Gasteiger partial charge < -0.3 is 0 Å². The zero-order valence-electron chi connectivity index (χ0n) is 10.4. The lowest BCUT2D eigenvalue weighted by Crippen LogP contribution is -1.90. The van der Waals surface area contributed by atoms with Crippen molar-refractivity contribution in [3.63, 3.8) is 0 Å². The maximum Gasteiger partial charge on any atom is 0.124 e. The summed E-state index contributed by atoms with van der Waals surface area (Å²) in [4.78, 5) is 2.86. The topological polar surface area (TPSA) is 48.8 Å². The highest BCUT2D eigenvalue weighted by Gasteiger charge is 2.03. The van der Waals surface area contributed by atoms with E-state index in [0.29, 0.717) is 6.42 Å². The van der Waals surface area contributed by atoms with E-state index in [1.165, 1.54) is 0 Å². The predicted octanol–water partition coefficient (Wildman–Crippen LogP) is 4.28. The Balaban J connectivity index is 2.13. The molecule has 19 heavy (non-hydrogen) atoms. The van der Waals surface area contributed by atoms with E-state index in [2.05, 4.69) is 21.9 Å². The Bertz CT molecular complexity index is 617. The highest BCUT2D eigenvalue weighted by atomic mass is 15.1. The molecular weight excluding hydrogens is 234 g/mol. The highest BCUT2D eigenvalue weighted by molar-refractivity contribution is 5.29. The summed E-state index contributed by atoms with van der Waals surface area (Å²) in [5.41, 5.74) is 10.7. The van der Waals surface area contributed by atoms with Gasteiger partial charge in [-0.2, -0.15) is 0 Å². The molecule has 0 aliphatic heterocycles. The smallest absolute Gasteiger partial charge is 0.0978 e. The van der Waals surface area contributed by atoms with Crippen LogP contribution in [0.3, 0.4) is 0 Å². The van der Waals surface area contributed by atoms with E-state index in [1.54, 1.807) is 0 Å². The van der Waals surface area contributed by atoms with E-state index in [9.17, 15) is 0 Å². The second-order valence-electron chi connectivity index (χ2n) is 4.00. The van der Waals surface area contributed by atoms with Gasteiger partial charge in [0.25, 0.3) is 0 Å². The van der Waals surface area contributed by atoms with E-state index in [4.69, 9.17) is 5.53 Å². The van der Waals surface area contributed by atoms with Crippen LogP contribution < -0.4 is 0 Å². The molecule has 92 valence electrons. The van der Waals surface area contributed by atoms with Gasteiger partial charge >= 0.3 is 0 Å². The zero-order chi connectivity index (χ0) is 13.3. The van der Waals surface area contributed by atoms with Gasteiger partial charge in [0.2, 0.25) is 0 Å². The summed E-state index contributed by atoms with van der Waals surface area (Å²) >= 11 is 0. The number of hydrogen-bond acceptors (Lipinski definition) is 1. The number of azide groups is 1. The van der Waals surface area contributed by atoms with Crippen LogP contribution >= 0.6 is 0 Å². The molecule has 0 aliphatic rings. The minimum Gasteiger partial charge on any atom is -0.0978 e. The van der Waals surface area contributed by atoms with Crippen LogP contribution in [0.2, 0.25) is 0 Å². The first-order valence-electron chi connectivity index (χ1n) is 6.01. The summed E-state index contributed by atoms with van der Waals surface area (Å²) in [6, 6.07) is 19.2. The van der Waals surface area contributed by atoms with E-state index < -0.39 is 6.04 Å². The van der Waals surface area contributed by atoms with E-state index in [1.807, 2.05) is 60.7 Å². The fraction of sp³-hybridized carbons (Fsp3) is 0.125. The molecule has 0 radical (unpaired) electrons. The van der Waals surface area contributed by atoms with Gasteiger partial charge in [-0.05, 0) is 16.7 Å². The standard InChI is InChI=1S/C16H13N3/c17-19-18-16(15-11-5-2-6-12-15)13-7-10-14-8-3-1-4-9-14/h1-6,8-9,11-12,16H,10H2. The van der Waals surface area contributed by atoms with Crippen molar-refractivity contribution < 1.29 is 0 Å². The quantitative estimate of drug-likeness (QED) is 0.336. The molecule has 1 atom stereocenters. The molecule has 2 rings (SSSR count). The van der Waals surface area contributed by atoms with E-state index in [0.717, 1.165) is 11.1 Å². The normalized spacial score (nSPS) is 10.7. The molecular formula is C16H13N3. The number of benzene rings is 2. The summed E-state index contributed by atoms with van der Waals surface area (Å²) in [5.74, 6) is 6.09. The van der Waals surface area contributed by atoms with E-state index in [-0.39, 0.29) is 0 Å². The van der Waals surface area contributed by atoms with Crippen molar-refractivity contribution in [1.29, 1.82) is 0 Å². The van der Waals surface area contributed by atoms with Gasteiger partial charge in [-0.15, -0.1) is 0 Å². The summed E-state index contributed by atoms with van der Waals surface area (Å²) in [6.45, 7) is 0.